The number of carbonyl (C=O) groups excluding carboxylic acids is 1. The van der Waals surface area contributed by atoms with Gasteiger partial charge < -0.3 is 10.0 Å². The molecule has 1 amide bonds. The molecule has 96 valence electrons. The number of amides is 1. The van der Waals surface area contributed by atoms with E-state index in [1.54, 1.807) is 11.3 Å². The molecule has 2 aliphatic rings. The highest BCUT2D eigenvalue weighted by molar-refractivity contribution is 7.10. The third kappa shape index (κ3) is 1.92. The van der Waals surface area contributed by atoms with Crippen LogP contribution in [0.3, 0.4) is 0 Å². The summed E-state index contributed by atoms with van der Waals surface area (Å²) in [6.07, 6.45) is 2.53. The van der Waals surface area contributed by atoms with Crippen LogP contribution in [0.2, 0.25) is 0 Å². The van der Waals surface area contributed by atoms with Crippen LogP contribution >= 0.6 is 11.3 Å². The molecular formula is C13H15NO3S. The van der Waals surface area contributed by atoms with Gasteiger partial charge in [-0.1, -0.05) is 6.07 Å². The first-order valence-electron chi connectivity index (χ1n) is 6.25. The van der Waals surface area contributed by atoms with Crippen LogP contribution in [0.25, 0.3) is 0 Å². The normalized spacial score (nSPS) is 30.4. The molecule has 1 aliphatic carbocycles. The van der Waals surface area contributed by atoms with Gasteiger partial charge in [-0.15, -0.1) is 11.3 Å². The molecule has 1 N–H and O–H groups in total. The van der Waals surface area contributed by atoms with Gasteiger partial charge in [0.15, 0.2) is 0 Å². The Labute approximate surface area is 109 Å². The number of hydrogen-bond acceptors (Lipinski definition) is 3. The van der Waals surface area contributed by atoms with Gasteiger partial charge in [0.2, 0.25) is 5.91 Å². The largest absolute Gasteiger partial charge is 0.481 e. The van der Waals surface area contributed by atoms with Crippen LogP contribution in [-0.2, 0) is 9.59 Å². The molecule has 1 saturated heterocycles. The highest BCUT2D eigenvalue weighted by Crippen LogP contribution is 2.44. The topological polar surface area (TPSA) is 57.6 Å². The van der Waals surface area contributed by atoms with E-state index in [-0.39, 0.29) is 17.9 Å². The number of thiophene rings is 1. The Morgan fingerprint density at radius 1 is 1.39 bits per heavy atom. The van der Waals surface area contributed by atoms with E-state index in [0.717, 1.165) is 19.4 Å². The SMILES string of the molecule is O=C(O)[C@@H]1C[C@@H]1C(=O)N1CCC[C@@H]1c1cccs1. The first-order valence-corrected chi connectivity index (χ1v) is 7.13. The number of carboxylic acids is 1. The summed E-state index contributed by atoms with van der Waals surface area (Å²) in [4.78, 5) is 26.2. The van der Waals surface area contributed by atoms with E-state index in [4.69, 9.17) is 5.11 Å². The second-order valence-electron chi connectivity index (χ2n) is 4.99. The fourth-order valence-electron chi connectivity index (χ4n) is 2.76. The molecule has 3 rings (SSSR count). The van der Waals surface area contributed by atoms with Gasteiger partial charge in [-0.05, 0) is 30.7 Å². The van der Waals surface area contributed by atoms with Gasteiger partial charge in [0, 0.05) is 11.4 Å². The standard InChI is InChI=1S/C13H15NO3S/c15-12(8-7-9(8)13(16)17)14-5-1-3-10(14)11-4-2-6-18-11/h2,4,6,8-10H,1,3,5,7H2,(H,16,17)/t8-,9+,10+/m0/s1. The van der Waals surface area contributed by atoms with Crippen molar-refractivity contribution in [3.05, 3.63) is 22.4 Å². The van der Waals surface area contributed by atoms with Gasteiger partial charge in [0.1, 0.15) is 0 Å². The number of hydrogen-bond donors (Lipinski definition) is 1. The molecule has 3 atom stereocenters. The van der Waals surface area contributed by atoms with Crippen LogP contribution in [0.5, 0.6) is 0 Å². The molecule has 0 aromatic carbocycles. The van der Waals surface area contributed by atoms with E-state index < -0.39 is 11.9 Å². The zero-order valence-electron chi connectivity index (χ0n) is 9.91. The third-order valence-electron chi connectivity index (χ3n) is 3.83. The Morgan fingerprint density at radius 3 is 2.83 bits per heavy atom. The summed E-state index contributed by atoms with van der Waals surface area (Å²) in [5, 5.41) is 10.9. The second kappa shape index (κ2) is 4.39. The number of carboxylic acid groups (broad SMARTS) is 1. The van der Waals surface area contributed by atoms with Gasteiger partial charge in [-0.3, -0.25) is 9.59 Å². The zero-order chi connectivity index (χ0) is 12.7. The lowest BCUT2D eigenvalue weighted by Crippen LogP contribution is -2.32. The molecule has 18 heavy (non-hydrogen) atoms. The Kier molecular flexibility index (Phi) is 2.86. The average molecular weight is 265 g/mol. The predicted octanol–water partition coefficient (Wildman–Crippen LogP) is 2.13. The monoisotopic (exact) mass is 265 g/mol. The van der Waals surface area contributed by atoms with Crippen molar-refractivity contribution in [3.63, 3.8) is 0 Å². The third-order valence-corrected chi connectivity index (χ3v) is 4.81. The molecular weight excluding hydrogens is 250 g/mol. The summed E-state index contributed by atoms with van der Waals surface area (Å²) in [6, 6.07) is 4.23. The lowest BCUT2D eigenvalue weighted by molar-refractivity contribution is -0.142. The number of aliphatic carboxylic acids is 1. The highest BCUT2D eigenvalue weighted by Gasteiger charge is 2.51. The van der Waals surface area contributed by atoms with Crippen molar-refractivity contribution in [1.29, 1.82) is 0 Å². The molecule has 1 saturated carbocycles. The molecule has 0 unspecified atom stereocenters. The van der Waals surface area contributed by atoms with E-state index in [2.05, 4.69) is 6.07 Å². The van der Waals surface area contributed by atoms with Crippen molar-refractivity contribution >= 4 is 23.2 Å². The predicted molar refractivity (Wildman–Crippen MR) is 67.2 cm³/mol. The van der Waals surface area contributed by atoms with Gasteiger partial charge in [-0.25, -0.2) is 0 Å². The minimum atomic E-state index is -0.833. The Hall–Kier alpha value is -1.36. The molecule has 5 heteroatoms. The highest BCUT2D eigenvalue weighted by atomic mass is 32.1. The maximum Gasteiger partial charge on any atom is 0.307 e. The van der Waals surface area contributed by atoms with Crippen LogP contribution in [0.1, 0.15) is 30.2 Å². The van der Waals surface area contributed by atoms with Crippen molar-refractivity contribution < 1.29 is 14.7 Å². The van der Waals surface area contributed by atoms with E-state index in [1.165, 1.54) is 4.88 Å². The van der Waals surface area contributed by atoms with E-state index in [0.29, 0.717) is 6.42 Å². The Bertz CT molecular complexity index is 471. The van der Waals surface area contributed by atoms with Crippen LogP contribution in [0, 0.1) is 11.8 Å². The molecule has 1 aromatic rings. The first-order chi connectivity index (χ1) is 8.68. The van der Waals surface area contributed by atoms with E-state index in [1.807, 2.05) is 16.3 Å². The summed E-state index contributed by atoms with van der Waals surface area (Å²) >= 11 is 1.67. The lowest BCUT2D eigenvalue weighted by atomic mass is 10.1. The summed E-state index contributed by atoms with van der Waals surface area (Å²) < 4.78 is 0. The summed E-state index contributed by atoms with van der Waals surface area (Å²) in [5.74, 6) is -1.51. The van der Waals surface area contributed by atoms with Crippen molar-refractivity contribution in [1.82, 2.24) is 4.90 Å². The number of carbonyl (C=O) groups is 2. The molecule has 2 fully saturated rings. The summed E-state index contributed by atoms with van der Waals surface area (Å²) in [7, 11) is 0. The second-order valence-corrected chi connectivity index (χ2v) is 5.97. The number of likely N-dealkylation sites (tertiary alicyclic amines) is 1. The minimum absolute atomic E-state index is 0.0401. The molecule has 0 bridgehead atoms. The van der Waals surface area contributed by atoms with Crippen LogP contribution < -0.4 is 0 Å². The minimum Gasteiger partial charge on any atom is -0.481 e. The summed E-state index contributed by atoms with van der Waals surface area (Å²) in [5.41, 5.74) is 0. The van der Waals surface area contributed by atoms with Crippen molar-refractivity contribution in [2.45, 2.75) is 25.3 Å². The van der Waals surface area contributed by atoms with E-state index >= 15 is 0 Å². The van der Waals surface area contributed by atoms with Crippen molar-refractivity contribution in [3.8, 4) is 0 Å². The fourth-order valence-corrected chi connectivity index (χ4v) is 3.63. The molecule has 0 radical (unpaired) electrons. The van der Waals surface area contributed by atoms with Crippen molar-refractivity contribution in [2.75, 3.05) is 6.54 Å². The summed E-state index contributed by atoms with van der Waals surface area (Å²) in [6.45, 7) is 0.768. The molecule has 4 nitrogen and oxygen atoms in total. The van der Waals surface area contributed by atoms with Gasteiger partial charge >= 0.3 is 5.97 Å². The van der Waals surface area contributed by atoms with Crippen LogP contribution in [0.15, 0.2) is 17.5 Å². The number of rotatable bonds is 3. The fraction of sp³-hybridized carbons (Fsp3) is 0.538. The van der Waals surface area contributed by atoms with Crippen LogP contribution in [0.4, 0.5) is 0 Å². The Balaban J connectivity index is 1.72. The van der Waals surface area contributed by atoms with Crippen LogP contribution in [-0.4, -0.2) is 28.4 Å². The maximum atomic E-state index is 12.3. The van der Waals surface area contributed by atoms with Gasteiger partial charge in [0.25, 0.3) is 0 Å². The first kappa shape index (κ1) is 11.7. The lowest BCUT2D eigenvalue weighted by Gasteiger charge is -2.24. The zero-order valence-corrected chi connectivity index (χ0v) is 10.7. The molecule has 0 spiro atoms. The number of nitrogens with zero attached hydrogens (tertiary/aromatic N) is 1. The quantitative estimate of drug-likeness (QED) is 0.911. The smallest absolute Gasteiger partial charge is 0.307 e. The van der Waals surface area contributed by atoms with Gasteiger partial charge in [-0.2, -0.15) is 0 Å². The molecule has 1 aliphatic heterocycles. The van der Waals surface area contributed by atoms with E-state index in [9.17, 15) is 9.59 Å². The van der Waals surface area contributed by atoms with Crippen molar-refractivity contribution in [2.24, 2.45) is 11.8 Å². The average Bonchev–Trinajstić information content (AvgIpc) is 2.78. The maximum absolute atomic E-state index is 12.3. The molecule has 1 aromatic heterocycles. The molecule has 2 heterocycles. The Morgan fingerprint density at radius 2 is 2.22 bits per heavy atom. The van der Waals surface area contributed by atoms with Gasteiger partial charge in [0.05, 0.1) is 17.9 Å².